The fraction of sp³-hybridized carbons (Fsp3) is 0.308. The summed E-state index contributed by atoms with van der Waals surface area (Å²) in [6.07, 6.45) is 3.71. The van der Waals surface area contributed by atoms with Crippen molar-refractivity contribution in [2.24, 2.45) is 0 Å². The second-order valence-corrected chi connectivity index (χ2v) is 7.18. The molecule has 0 aliphatic heterocycles. The van der Waals surface area contributed by atoms with Crippen molar-refractivity contribution < 1.29 is 22.5 Å². The van der Waals surface area contributed by atoms with Crippen molar-refractivity contribution in [2.45, 2.75) is 18.1 Å². The number of nitro benzene ring substituents is 1. The molecule has 0 spiro atoms. The first kappa shape index (κ1) is 15.4. The molecular weight excluding hydrogens is 329 g/mol. The summed E-state index contributed by atoms with van der Waals surface area (Å²) >= 11 is 0. The Morgan fingerprint density at radius 2 is 2.09 bits per heavy atom. The zero-order valence-electron chi connectivity index (χ0n) is 12.0. The lowest BCUT2D eigenvalue weighted by Crippen LogP contribution is -2.17. The lowest BCUT2D eigenvalue weighted by Gasteiger charge is -2.05. The molecule has 23 heavy (non-hydrogen) atoms. The normalized spacial score (nSPS) is 14.7. The van der Waals surface area contributed by atoms with Gasteiger partial charge in [-0.25, -0.2) is 8.42 Å². The van der Waals surface area contributed by atoms with Crippen molar-refractivity contribution in [3.63, 3.8) is 0 Å². The van der Waals surface area contributed by atoms with Gasteiger partial charge < -0.3 is 4.74 Å². The molecule has 8 nitrogen and oxygen atoms in total. The first-order valence-corrected chi connectivity index (χ1v) is 8.16. The maximum atomic E-state index is 13.9. The Kier molecular flexibility index (Phi) is 3.55. The number of methoxy groups -OCH3 is 1. The minimum atomic E-state index is -3.53. The van der Waals surface area contributed by atoms with Gasteiger partial charge in [-0.15, -0.1) is 0 Å². The van der Waals surface area contributed by atoms with Crippen LogP contribution in [-0.2, 0) is 10.0 Å². The van der Waals surface area contributed by atoms with Crippen LogP contribution in [0.5, 0.6) is 5.75 Å². The van der Waals surface area contributed by atoms with Gasteiger partial charge in [0.15, 0.2) is 0 Å². The van der Waals surface area contributed by atoms with E-state index in [4.69, 9.17) is 4.74 Å². The van der Waals surface area contributed by atoms with E-state index in [0.717, 1.165) is 10.2 Å². The SMILES string of the molecule is COc1cc(-c2cnn(S(=O)(=O)C3CC3)c2)cc(F)c1[N+](=O)[O-]. The van der Waals surface area contributed by atoms with Crippen LogP contribution in [0.4, 0.5) is 10.1 Å². The van der Waals surface area contributed by atoms with Crippen molar-refractivity contribution in [3.05, 3.63) is 40.5 Å². The molecule has 0 amide bonds. The summed E-state index contributed by atoms with van der Waals surface area (Å²) in [4.78, 5) is 9.98. The summed E-state index contributed by atoms with van der Waals surface area (Å²) in [5, 5.41) is 14.2. The summed E-state index contributed by atoms with van der Waals surface area (Å²) in [5.41, 5.74) is -0.210. The maximum Gasteiger partial charge on any atom is 0.346 e. The Hall–Kier alpha value is -2.49. The van der Waals surface area contributed by atoms with E-state index in [1.54, 1.807) is 0 Å². The van der Waals surface area contributed by atoms with Crippen molar-refractivity contribution in [2.75, 3.05) is 7.11 Å². The number of halogens is 1. The van der Waals surface area contributed by atoms with E-state index >= 15 is 0 Å². The van der Waals surface area contributed by atoms with Crippen LogP contribution in [0.15, 0.2) is 24.5 Å². The van der Waals surface area contributed by atoms with Gasteiger partial charge in [0.2, 0.25) is 11.6 Å². The quantitative estimate of drug-likeness (QED) is 0.608. The molecule has 1 aliphatic rings. The molecule has 0 N–H and O–H groups in total. The number of aromatic nitrogens is 2. The monoisotopic (exact) mass is 341 g/mol. The predicted molar refractivity (Wildman–Crippen MR) is 78.2 cm³/mol. The van der Waals surface area contributed by atoms with Gasteiger partial charge in [-0.3, -0.25) is 10.1 Å². The fourth-order valence-corrected chi connectivity index (χ4v) is 3.66. The standard InChI is InChI=1S/C13H12FN3O5S/c1-22-12-5-8(4-11(14)13(12)17(18)19)9-6-15-16(7-9)23(20,21)10-2-3-10/h4-7,10H,2-3H2,1H3. The number of hydrogen-bond donors (Lipinski definition) is 0. The van der Waals surface area contributed by atoms with Crippen molar-refractivity contribution in [1.82, 2.24) is 9.19 Å². The van der Waals surface area contributed by atoms with Gasteiger partial charge in [0.25, 0.3) is 10.0 Å². The van der Waals surface area contributed by atoms with Gasteiger partial charge in [0.05, 0.1) is 29.7 Å². The lowest BCUT2D eigenvalue weighted by molar-refractivity contribution is -0.388. The molecule has 1 heterocycles. The van der Waals surface area contributed by atoms with E-state index in [0.29, 0.717) is 18.4 Å². The highest BCUT2D eigenvalue weighted by molar-refractivity contribution is 7.90. The molecule has 122 valence electrons. The minimum Gasteiger partial charge on any atom is -0.490 e. The van der Waals surface area contributed by atoms with Gasteiger partial charge in [0, 0.05) is 5.56 Å². The number of nitro groups is 1. The molecule has 2 aromatic rings. The summed E-state index contributed by atoms with van der Waals surface area (Å²) in [5.74, 6) is -1.31. The second kappa shape index (κ2) is 5.30. The molecule has 3 rings (SSSR count). The third-order valence-electron chi connectivity index (χ3n) is 3.53. The third kappa shape index (κ3) is 2.65. The average Bonchev–Trinajstić information content (AvgIpc) is 3.23. The van der Waals surface area contributed by atoms with E-state index in [2.05, 4.69) is 5.10 Å². The van der Waals surface area contributed by atoms with Crippen LogP contribution in [-0.4, -0.2) is 34.9 Å². The molecule has 1 aliphatic carbocycles. The van der Waals surface area contributed by atoms with E-state index in [1.807, 2.05) is 0 Å². The molecule has 0 atom stereocenters. The number of benzene rings is 1. The highest BCUT2D eigenvalue weighted by Gasteiger charge is 2.37. The smallest absolute Gasteiger partial charge is 0.346 e. The Morgan fingerprint density at radius 3 is 2.65 bits per heavy atom. The first-order chi connectivity index (χ1) is 10.8. The highest BCUT2D eigenvalue weighted by atomic mass is 32.2. The van der Waals surface area contributed by atoms with Gasteiger partial charge in [-0.1, -0.05) is 0 Å². The second-order valence-electron chi connectivity index (χ2n) is 5.11. The molecule has 0 unspecified atom stereocenters. The molecule has 1 aromatic heterocycles. The molecule has 0 radical (unpaired) electrons. The molecule has 0 saturated heterocycles. The molecule has 10 heteroatoms. The molecule has 1 aromatic carbocycles. The first-order valence-electron chi connectivity index (χ1n) is 6.66. The van der Waals surface area contributed by atoms with Crippen LogP contribution in [0.1, 0.15) is 12.8 Å². The zero-order valence-corrected chi connectivity index (χ0v) is 12.8. The van der Waals surface area contributed by atoms with Crippen LogP contribution in [0.3, 0.4) is 0 Å². The van der Waals surface area contributed by atoms with Crippen molar-refractivity contribution >= 4 is 15.7 Å². The number of ether oxygens (including phenoxy) is 1. The van der Waals surface area contributed by atoms with Crippen LogP contribution in [0.25, 0.3) is 11.1 Å². The van der Waals surface area contributed by atoms with Crippen molar-refractivity contribution in [1.29, 1.82) is 0 Å². The van der Waals surface area contributed by atoms with Crippen LogP contribution in [0, 0.1) is 15.9 Å². The number of nitrogens with zero attached hydrogens (tertiary/aromatic N) is 3. The van der Waals surface area contributed by atoms with E-state index in [9.17, 15) is 22.9 Å². The number of hydrogen-bond acceptors (Lipinski definition) is 6. The average molecular weight is 341 g/mol. The van der Waals surface area contributed by atoms with Crippen molar-refractivity contribution in [3.8, 4) is 16.9 Å². The Labute approximate surface area is 130 Å². The van der Waals surface area contributed by atoms with E-state index in [-0.39, 0.29) is 11.3 Å². The molecule has 1 fully saturated rings. The van der Waals surface area contributed by atoms with E-state index in [1.165, 1.54) is 25.6 Å². The fourth-order valence-electron chi connectivity index (χ4n) is 2.18. The van der Waals surface area contributed by atoms with Gasteiger partial charge >= 0.3 is 5.69 Å². The zero-order chi connectivity index (χ0) is 16.8. The lowest BCUT2D eigenvalue weighted by atomic mass is 10.1. The Morgan fingerprint density at radius 1 is 1.39 bits per heavy atom. The highest BCUT2D eigenvalue weighted by Crippen LogP contribution is 2.35. The Balaban J connectivity index is 2.04. The summed E-state index contributed by atoms with van der Waals surface area (Å²) in [6, 6.07) is 2.22. The van der Waals surface area contributed by atoms with Crippen LogP contribution in [0.2, 0.25) is 0 Å². The maximum absolute atomic E-state index is 13.9. The van der Waals surface area contributed by atoms with Gasteiger partial charge in [-0.05, 0) is 30.5 Å². The molecule has 0 bridgehead atoms. The van der Waals surface area contributed by atoms with Gasteiger partial charge in [-0.2, -0.15) is 13.6 Å². The molecule has 1 saturated carbocycles. The number of rotatable bonds is 5. The van der Waals surface area contributed by atoms with Crippen LogP contribution >= 0.6 is 0 Å². The topological polar surface area (TPSA) is 104 Å². The molecular formula is C13H12FN3O5S. The minimum absolute atomic E-state index is 0.238. The Bertz CT molecular complexity index is 889. The summed E-state index contributed by atoms with van der Waals surface area (Å²) < 4.78 is 43.8. The van der Waals surface area contributed by atoms with Crippen LogP contribution < -0.4 is 4.74 Å². The third-order valence-corrected chi connectivity index (χ3v) is 5.57. The van der Waals surface area contributed by atoms with E-state index < -0.39 is 31.7 Å². The predicted octanol–water partition coefficient (Wildman–Crippen LogP) is 1.95. The van der Waals surface area contributed by atoms with Gasteiger partial charge in [0.1, 0.15) is 0 Å². The largest absolute Gasteiger partial charge is 0.490 e. The summed E-state index contributed by atoms with van der Waals surface area (Å²) in [6.45, 7) is 0. The summed E-state index contributed by atoms with van der Waals surface area (Å²) in [7, 11) is -2.34.